The zero-order valence-electron chi connectivity index (χ0n) is 5.70. The van der Waals surface area contributed by atoms with Crippen LogP contribution < -0.4 is 0 Å². The molecule has 11 heavy (non-hydrogen) atoms. The molecule has 1 rings (SSSR count). The number of pyridine rings is 1. The van der Waals surface area contributed by atoms with Crippen LogP contribution in [0.15, 0.2) is 24.3 Å². The number of hydrogen-bond donors (Lipinski definition) is 0. The predicted octanol–water partition coefficient (Wildman–Crippen LogP) is 1.95. The van der Waals surface area contributed by atoms with Crippen molar-refractivity contribution >= 4 is 24.0 Å². The standard InChI is InChI=1S/C8H6ClNO/c9-8-5-1-3-7(10-8)4-2-6-11/h1-6H/b4-2+. The third kappa shape index (κ3) is 2.51. The molecule has 0 radical (unpaired) electrons. The van der Waals surface area contributed by atoms with Crippen molar-refractivity contribution in [2.75, 3.05) is 0 Å². The van der Waals surface area contributed by atoms with Gasteiger partial charge in [-0.25, -0.2) is 4.98 Å². The molecule has 0 aromatic carbocycles. The predicted molar refractivity (Wildman–Crippen MR) is 44.3 cm³/mol. The molecule has 0 bridgehead atoms. The van der Waals surface area contributed by atoms with Crippen molar-refractivity contribution < 1.29 is 4.79 Å². The number of halogens is 1. The summed E-state index contributed by atoms with van der Waals surface area (Å²) in [7, 11) is 0. The molecule has 0 fully saturated rings. The average molecular weight is 168 g/mol. The molecule has 0 aliphatic heterocycles. The van der Waals surface area contributed by atoms with Gasteiger partial charge in [0.25, 0.3) is 0 Å². The van der Waals surface area contributed by atoms with Crippen LogP contribution in [0.1, 0.15) is 5.69 Å². The molecule has 1 aromatic heterocycles. The van der Waals surface area contributed by atoms with Gasteiger partial charge in [0.15, 0.2) is 0 Å². The van der Waals surface area contributed by atoms with Gasteiger partial charge in [0.05, 0.1) is 5.69 Å². The van der Waals surface area contributed by atoms with Gasteiger partial charge in [-0.2, -0.15) is 0 Å². The van der Waals surface area contributed by atoms with E-state index in [2.05, 4.69) is 4.98 Å². The van der Waals surface area contributed by atoms with Crippen molar-refractivity contribution in [1.29, 1.82) is 0 Å². The summed E-state index contributed by atoms with van der Waals surface area (Å²) in [6.45, 7) is 0. The van der Waals surface area contributed by atoms with Crippen molar-refractivity contribution in [3.8, 4) is 0 Å². The second-order valence-corrected chi connectivity index (χ2v) is 2.27. The molecule has 2 nitrogen and oxygen atoms in total. The van der Waals surface area contributed by atoms with Gasteiger partial charge in [-0.15, -0.1) is 0 Å². The first-order valence-corrected chi connectivity index (χ1v) is 3.45. The van der Waals surface area contributed by atoms with Crippen LogP contribution in [0.4, 0.5) is 0 Å². The molecule has 0 aliphatic rings. The van der Waals surface area contributed by atoms with E-state index < -0.39 is 0 Å². The first-order valence-electron chi connectivity index (χ1n) is 3.07. The van der Waals surface area contributed by atoms with Gasteiger partial charge in [-0.3, -0.25) is 4.79 Å². The highest BCUT2D eigenvalue weighted by atomic mass is 35.5. The van der Waals surface area contributed by atoms with E-state index in [4.69, 9.17) is 11.6 Å². The van der Waals surface area contributed by atoms with E-state index in [1.807, 2.05) is 0 Å². The van der Waals surface area contributed by atoms with E-state index >= 15 is 0 Å². The van der Waals surface area contributed by atoms with Gasteiger partial charge in [0.1, 0.15) is 11.4 Å². The molecular weight excluding hydrogens is 162 g/mol. The molecule has 0 spiro atoms. The molecule has 0 aliphatic carbocycles. The summed E-state index contributed by atoms with van der Waals surface area (Å²) in [6, 6.07) is 5.23. The second kappa shape index (κ2) is 3.88. The Labute approximate surface area is 69.5 Å². The second-order valence-electron chi connectivity index (χ2n) is 1.88. The molecule has 0 saturated carbocycles. The lowest BCUT2D eigenvalue weighted by Crippen LogP contribution is -1.79. The van der Waals surface area contributed by atoms with Crippen LogP contribution in [0.2, 0.25) is 5.15 Å². The fourth-order valence-electron chi connectivity index (χ4n) is 0.655. The van der Waals surface area contributed by atoms with Gasteiger partial charge in [0, 0.05) is 0 Å². The van der Waals surface area contributed by atoms with Gasteiger partial charge in [0.2, 0.25) is 0 Å². The maximum absolute atomic E-state index is 9.92. The van der Waals surface area contributed by atoms with E-state index in [1.54, 1.807) is 24.3 Å². The molecule has 1 heterocycles. The first kappa shape index (κ1) is 7.95. The summed E-state index contributed by atoms with van der Waals surface area (Å²) >= 11 is 5.59. The van der Waals surface area contributed by atoms with Crippen molar-refractivity contribution in [2.45, 2.75) is 0 Å². The highest BCUT2D eigenvalue weighted by Crippen LogP contribution is 2.05. The van der Waals surface area contributed by atoms with E-state index in [0.717, 1.165) is 0 Å². The van der Waals surface area contributed by atoms with E-state index in [0.29, 0.717) is 17.1 Å². The Kier molecular flexibility index (Phi) is 2.81. The Hall–Kier alpha value is -1.15. The first-order chi connectivity index (χ1) is 5.33. The number of aldehydes is 1. The zero-order valence-corrected chi connectivity index (χ0v) is 6.45. The third-order valence-corrected chi connectivity index (χ3v) is 1.29. The van der Waals surface area contributed by atoms with Gasteiger partial charge in [-0.1, -0.05) is 17.7 Å². The summed E-state index contributed by atoms with van der Waals surface area (Å²) in [4.78, 5) is 13.8. The number of aromatic nitrogens is 1. The number of carbonyl (C=O) groups is 1. The number of rotatable bonds is 2. The Morgan fingerprint density at radius 3 is 2.91 bits per heavy atom. The van der Waals surface area contributed by atoms with Crippen LogP contribution in [0, 0.1) is 0 Å². The monoisotopic (exact) mass is 167 g/mol. The van der Waals surface area contributed by atoms with Gasteiger partial charge in [-0.05, 0) is 24.3 Å². The van der Waals surface area contributed by atoms with Crippen LogP contribution in [0.5, 0.6) is 0 Å². The average Bonchev–Trinajstić information content (AvgIpc) is 2.01. The van der Waals surface area contributed by atoms with Crippen molar-refractivity contribution in [1.82, 2.24) is 4.98 Å². The SMILES string of the molecule is O=C/C=C/c1cccc(Cl)n1. The summed E-state index contributed by atoms with van der Waals surface area (Å²) in [5, 5.41) is 0.429. The fourth-order valence-corrected chi connectivity index (χ4v) is 0.825. The Balaban J connectivity index is 2.87. The van der Waals surface area contributed by atoms with Gasteiger partial charge >= 0.3 is 0 Å². The molecular formula is C8H6ClNO. The maximum atomic E-state index is 9.92. The zero-order chi connectivity index (χ0) is 8.10. The quantitative estimate of drug-likeness (QED) is 0.383. The summed E-state index contributed by atoms with van der Waals surface area (Å²) in [5.74, 6) is 0. The minimum Gasteiger partial charge on any atom is -0.299 e. The van der Waals surface area contributed by atoms with Crippen molar-refractivity contribution in [2.24, 2.45) is 0 Å². The molecule has 56 valence electrons. The van der Waals surface area contributed by atoms with Crippen LogP contribution in [-0.4, -0.2) is 11.3 Å². The number of nitrogens with zero attached hydrogens (tertiary/aromatic N) is 1. The maximum Gasteiger partial charge on any atom is 0.142 e. The molecule has 0 unspecified atom stereocenters. The van der Waals surface area contributed by atoms with E-state index in [9.17, 15) is 4.79 Å². The van der Waals surface area contributed by atoms with Crippen molar-refractivity contribution in [3.05, 3.63) is 35.1 Å². The molecule has 0 atom stereocenters. The lowest BCUT2D eigenvalue weighted by molar-refractivity contribution is -0.104. The minimum atomic E-state index is 0.429. The lowest BCUT2D eigenvalue weighted by Gasteiger charge is -1.90. The topological polar surface area (TPSA) is 30.0 Å². The molecule has 0 saturated heterocycles. The Morgan fingerprint density at radius 2 is 2.27 bits per heavy atom. The number of carbonyl (C=O) groups excluding carboxylic acids is 1. The van der Waals surface area contributed by atoms with Crippen molar-refractivity contribution in [3.63, 3.8) is 0 Å². The van der Waals surface area contributed by atoms with Crippen LogP contribution in [0.3, 0.4) is 0 Å². The van der Waals surface area contributed by atoms with E-state index in [-0.39, 0.29) is 0 Å². The van der Waals surface area contributed by atoms with E-state index in [1.165, 1.54) is 6.08 Å². The smallest absolute Gasteiger partial charge is 0.142 e. The highest BCUT2D eigenvalue weighted by molar-refractivity contribution is 6.29. The molecule has 3 heteroatoms. The Bertz CT molecular complexity index is 283. The summed E-state index contributed by atoms with van der Waals surface area (Å²) in [6.07, 6.45) is 3.67. The fraction of sp³-hybridized carbons (Fsp3) is 0. The number of hydrogen-bond acceptors (Lipinski definition) is 2. The third-order valence-electron chi connectivity index (χ3n) is 1.08. The molecule has 0 amide bonds. The summed E-state index contributed by atoms with van der Waals surface area (Å²) < 4.78 is 0. The van der Waals surface area contributed by atoms with Crippen LogP contribution in [-0.2, 0) is 4.79 Å². The largest absolute Gasteiger partial charge is 0.299 e. The van der Waals surface area contributed by atoms with Crippen LogP contribution >= 0.6 is 11.6 Å². The summed E-state index contributed by atoms with van der Waals surface area (Å²) in [5.41, 5.74) is 0.685. The van der Waals surface area contributed by atoms with Crippen LogP contribution in [0.25, 0.3) is 6.08 Å². The Morgan fingerprint density at radius 1 is 1.45 bits per heavy atom. The normalized spacial score (nSPS) is 10.3. The van der Waals surface area contributed by atoms with Gasteiger partial charge < -0.3 is 0 Å². The lowest BCUT2D eigenvalue weighted by atomic mass is 10.3. The molecule has 0 N–H and O–H groups in total. The highest BCUT2D eigenvalue weighted by Gasteiger charge is 1.88. The molecule has 1 aromatic rings. The minimum absolute atomic E-state index is 0.429. The number of allylic oxidation sites excluding steroid dienone is 1.